The number of ether oxygens (including phenoxy) is 2. The van der Waals surface area contributed by atoms with Gasteiger partial charge in [-0.05, 0) is 115 Å². The van der Waals surface area contributed by atoms with E-state index in [1.54, 1.807) is 61.5 Å². The molecule has 9 N–H and O–H groups in total. The SMILES string of the molecule is COc1c(NC(=O)c2ccc(NSc3ccc(NC(=O)CNC(=O)c4ccc(NC(=O)/C(C)=C/c5ccc(O)cc5)cc4)cc3)c(OC)c2O)ccc(C(=O)O)c1O. The number of carbonyl (C=O) groups excluding carboxylic acids is 4. The lowest BCUT2D eigenvalue weighted by Gasteiger charge is -2.16. The minimum absolute atomic E-state index is 0.0326. The van der Waals surface area contributed by atoms with E-state index in [0.29, 0.717) is 27.5 Å². The smallest absolute Gasteiger partial charge is 0.339 e. The van der Waals surface area contributed by atoms with Gasteiger partial charge in [0.05, 0.1) is 37.7 Å². The molecule has 298 valence electrons. The van der Waals surface area contributed by atoms with Crippen LogP contribution in [0, 0.1) is 0 Å². The quantitative estimate of drug-likeness (QED) is 0.0417. The van der Waals surface area contributed by atoms with Gasteiger partial charge in [0.1, 0.15) is 11.3 Å². The van der Waals surface area contributed by atoms with Crippen LogP contribution in [-0.4, -0.2) is 70.8 Å². The molecule has 16 nitrogen and oxygen atoms in total. The Morgan fingerprint density at radius 2 is 1.22 bits per heavy atom. The van der Waals surface area contributed by atoms with Crippen LogP contribution in [0.1, 0.15) is 43.6 Å². The average molecular weight is 808 g/mol. The number of carboxylic acid groups (broad SMARTS) is 1. The first-order chi connectivity index (χ1) is 27.8. The number of aromatic hydroxyl groups is 3. The number of nitrogens with one attached hydrogen (secondary N) is 5. The summed E-state index contributed by atoms with van der Waals surface area (Å²) in [5.41, 5.74) is 2.09. The third kappa shape index (κ3) is 10.3. The fraction of sp³-hybridized carbons (Fsp3) is 0.0976. The summed E-state index contributed by atoms with van der Waals surface area (Å²) < 4.78 is 13.5. The minimum Gasteiger partial charge on any atom is -0.508 e. The van der Waals surface area contributed by atoms with Gasteiger partial charge in [-0.3, -0.25) is 19.2 Å². The van der Waals surface area contributed by atoms with Crippen LogP contribution in [0.4, 0.5) is 22.7 Å². The van der Waals surface area contributed by atoms with Crippen molar-refractivity contribution in [2.45, 2.75) is 11.8 Å². The van der Waals surface area contributed by atoms with Crippen molar-refractivity contribution in [2.24, 2.45) is 0 Å². The van der Waals surface area contributed by atoms with E-state index in [1.165, 1.54) is 56.7 Å². The van der Waals surface area contributed by atoms with E-state index in [4.69, 9.17) is 9.47 Å². The molecule has 17 heteroatoms. The minimum atomic E-state index is -1.39. The van der Waals surface area contributed by atoms with Crippen molar-refractivity contribution in [3.8, 4) is 28.7 Å². The molecule has 5 rings (SSSR count). The van der Waals surface area contributed by atoms with Crippen LogP contribution >= 0.6 is 11.9 Å². The monoisotopic (exact) mass is 807 g/mol. The highest BCUT2D eigenvalue weighted by molar-refractivity contribution is 8.00. The Bertz CT molecular complexity index is 2380. The lowest BCUT2D eigenvalue weighted by Crippen LogP contribution is -2.32. The Kier molecular flexibility index (Phi) is 13.4. The second-order valence-corrected chi connectivity index (χ2v) is 13.1. The van der Waals surface area contributed by atoms with E-state index in [1.807, 2.05) is 0 Å². The molecule has 0 aliphatic carbocycles. The summed E-state index contributed by atoms with van der Waals surface area (Å²) >= 11 is 1.15. The van der Waals surface area contributed by atoms with Crippen molar-refractivity contribution in [2.75, 3.05) is 41.4 Å². The molecule has 0 heterocycles. The van der Waals surface area contributed by atoms with Gasteiger partial charge in [-0.2, -0.15) is 0 Å². The predicted octanol–water partition coefficient (Wildman–Crippen LogP) is 6.30. The van der Waals surface area contributed by atoms with Gasteiger partial charge < -0.3 is 55.9 Å². The third-order valence-corrected chi connectivity index (χ3v) is 9.09. The Morgan fingerprint density at radius 3 is 1.86 bits per heavy atom. The van der Waals surface area contributed by atoms with Crippen molar-refractivity contribution in [1.29, 1.82) is 0 Å². The molecule has 0 atom stereocenters. The van der Waals surface area contributed by atoms with Gasteiger partial charge in [0.15, 0.2) is 23.0 Å². The van der Waals surface area contributed by atoms with E-state index in [-0.39, 0.29) is 46.5 Å². The van der Waals surface area contributed by atoms with Crippen LogP contribution in [0.25, 0.3) is 6.08 Å². The molecule has 0 unspecified atom stereocenters. The zero-order chi connectivity index (χ0) is 41.9. The third-order valence-electron chi connectivity index (χ3n) is 8.26. The van der Waals surface area contributed by atoms with Crippen LogP contribution in [0.2, 0.25) is 0 Å². The van der Waals surface area contributed by atoms with Crippen molar-refractivity contribution in [3.05, 3.63) is 125 Å². The molecular formula is C41H37N5O11S. The summed E-state index contributed by atoms with van der Waals surface area (Å²) in [6.07, 6.45) is 1.68. The predicted molar refractivity (Wildman–Crippen MR) is 218 cm³/mol. The van der Waals surface area contributed by atoms with Gasteiger partial charge in [0, 0.05) is 27.4 Å². The molecule has 0 radical (unpaired) electrons. The van der Waals surface area contributed by atoms with Crippen LogP contribution in [0.5, 0.6) is 28.7 Å². The fourth-order valence-electron chi connectivity index (χ4n) is 5.29. The highest BCUT2D eigenvalue weighted by Gasteiger charge is 2.23. The number of hydrogen-bond acceptors (Lipinski definition) is 12. The molecule has 0 aromatic heterocycles. The summed E-state index contributed by atoms with van der Waals surface area (Å²) in [7, 11) is 2.50. The summed E-state index contributed by atoms with van der Waals surface area (Å²) in [6.45, 7) is 1.35. The number of benzene rings is 5. The average Bonchev–Trinajstić information content (AvgIpc) is 3.20. The zero-order valence-electron chi connectivity index (χ0n) is 31.1. The number of hydrogen-bond donors (Lipinski definition) is 9. The fourth-order valence-corrected chi connectivity index (χ4v) is 5.95. The normalized spacial score (nSPS) is 10.8. The van der Waals surface area contributed by atoms with Gasteiger partial charge in [-0.25, -0.2) is 4.79 Å². The molecule has 0 aliphatic heterocycles. The van der Waals surface area contributed by atoms with Crippen LogP contribution in [-0.2, 0) is 9.59 Å². The topological polar surface area (TPSA) is 245 Å². The highest BCUT2D eigenvalue weighted by Crippen LogP contribution is 2.41. The number of rotatable bonds is 15. The van der Waals surface area contributed by atoms with Crippen molar-refractivity contribution >= 4 is 70.4 Å². The van der Waals surface area contributed by atoms with Gasteiger partial charge in [0.25, 0.3) is 17.7 Å². The second kappa shape index (κ2) is 18.8. The number of anilines is 4. The van der Waals surface area contributed by atoms with Gasteiger partial charge in [-0.15, -0.1) is 0 Å². The molecule has 0 bridgehead atoms. The molecule has 0 saturated carbocycles. The van der Waals surface area contributed by atoms with Crippen LogP contribution in [0.15, 0.2) is 108 Å². The summed E-state index contributed by atoms with van der Waals surface area (Å²) in [4.78, 5) is 63.0. The zero-order valence-corrected chi connectivity index (χ0v) is 31.9. The largest absolute Gasteiger partial charge is 0.508 e. The number of phenolic OH excluding ortho intramolecular Hbond substituents is 2. The Labute approximate surface area is 335 Å². The molecule has 5 aromatic rings. The maximum Gasteiger partial charge on any atom is 0.339 e. The molecule has 0 fully saturated rings. The van der Waals surface area contributed by atoms with E-state index in [9.17, 15) is 44.4 Å². The molecule has 58 heavy (non-hydrogen) atoms. The van der Waals surface area contributed by atoms with E-state index in [0.717, 1.165) is 23.6 Å². The maximum absolute atomic E-state index is 13.1. The number of methoxy groups -OCH3 is 2. The molecule has 5 aromatic carbocycles. The van der Waals surface area contributed by atoms with Crippen LogP contribution < -0.4 is 35.5 Å². The standard InChI is InChI=1S/C41H37N5O11S/c1-22(20-23-4-12-27(47)13-5-23)38(51)44-26-8-6-24(7-9-26)39(52)42-21-33(48)43-25-10-14-28(15-11-25)58-46-32-19-16-29(34(49)37(32)57-3)40(53)45-31-18-17-30(41(54)55)35(50)36(31)56-2/h4-20,46-47,49-50H,21H2,1-3H3,(H,42,52)(H,43,48)(H,44,51)(H,45,53)(H,54,55)/b22-20+. The summed E-state index contributed by atoms with van der Waals surface area (Å²) in [5, 5.41) is 50.3. The van der Waals surface area contributed by atoms with E-state index < -0.39 is 40.8 Å². The molecule has 4 amide bonds. The Morgan fingerprint density at radius 1 is 0.655 bits per heavy atom. The number of carboxylic acids is 1. The first-order valence-corrected chi connectivity index (χ1v) is 17.9. The summed E-state index contributed by atoms with van der Waals surface area (Å²) in [5.74, 6) is -4.85. The van der Waals surface area contributed by atoms with Crippen molar-refractivity contribution in [3.63, 3.8) is 0 Å². The van der Waals surface area contributed by atoms with Crippen molar-refractivity contribution in [1.82, 2.24) is 5.32 Å². The lowest BCUT2D eigenvalue weighted by atomic mass is 10.1. The van der Waals surface area contributed by atoms with Crippen LogP contribution in [0.3, 0.4) is 0 Å². The number of phenols is 3. The first-order valence-electron chi connectivity index (χ1n) is 17.1. The molecule has 0 aliphatic rings. The lowest BCUT2D eigenvalue weighted by molar-refractivity contribution is -0.115. The van der Waals surface area contributed by atoms with Crippen molar-refractivity contribution < 1.29 is 53.9 Å². The number of aromatic carboxylic acids is 1. The summed E-state index contributed by atoms with van der Waals surface area (Å²) in [6, 6.07) is 24.5. The maximum atomic E-state index is 13.1. The molecular weight excluding hydrogens is 771 g/mol. The van der Waals surface area contributed by atoms with Gasteiger partial charge in [-0.1, -0.05) is 12.1 Å². The molecule has 0 spiro atoms. The Balaban J connectivity index is 1.10. The Hall–Kier alpha value is -7.66. The molecule has 0 saturated heterocycles. The van der Waals surface area contributed by atoms with E-state index in [2.05, 4.69) is 26.0 Å². The number of carbonyl (C=O) groups is 5. The number of amides is 4. The first kappa shape index (κ1) is 41.5. The van der Waals surface area contributed by atoms with Gasteiger partial charge in [0.2, 0.25) is 5.91 Å². The second-order valence-electron chi connectivity index (χ2n) is 12.3. The van der Waals surface area contributed by atoms with Gasteiger partial charge >= 0.3 is 5.97 Å². The van der Waals surface area contributed by atoms with E-state index >= 15 is 0 Å². The highest BCUT2D eigenvalue weighted by atomic mass is 32.2.